The summed E-state index contributed by atoms with van der Waals surface area (Å²) in [6.45, 7) is 6.16. The number of carbonyl (C=O) groups is 2. The molecule has 130 valence electrons. The van der Waals surface area contributed by atoms with Gasteiger partial charge in [0.15, 0.2) is 0 Å². The molecule has 1 heterocycles. The number of fused-ring (bicyclic) bond motifs is 1. The van der Waals surface area contributed by atoms with Crippen molar-refractivity contribution in [1.29, 1.82) is 0 Å². The molecule has 0 atom stereocenters. The van der Waals surface area contributed by atoms with Gasteiger partial charge >= 0.3 is 0 Å². The molecule has 2 amide bonds. The maximum atomic E-state index is 12.4. The van der Waals surface area contributed by atoms with E-state index < -0.39 is 0 Å². The Morgan fingerprint density at radius 2 is 1.84 bits per heavy atom. The van der Waals surface area contributed by atoms with Crippen molar-refractivity contribution in [3.63, 3.8) is 0 Å². The number of rotatable bonds is 4. The maximum absolute atomic E-state index is 12.4. The summed E-state index contributed by atoms with van der Waals surface area (Å²) >= 11 is 0. The van der Waals surface area contributed by atoms with Gasteiger partial charge < -0.3 is 15.0 Å². The predicted octanol–water partition coefficient (Wildman–Crippen LogP) is 3.64. The van der Waals surface area contributed by atoms with Gasteiger partial charge in [-0.05, 0) is 62.2 Å². The number of ether oxygens (including phenoxy) is 1. The quantitative estimate of drug-likeness (QED) is 0.926. The lowest BCUT2D eigenvalue weighted by molar-refractivity contribution is -0.116. The second-order valence-corrected chi connectivity index (χ2v) is 6.41. The van der Waals surface area contributed by atoms with Crippen LogP contribution in [-0.2, 0) is 11.2 Å². The van der Waals surface area contributed by atoms with E-state index in [2.05, 4.69) is 5.32 Å². The Morgan fingerprint density at radius 3 is 2.48 bits per heavy atom. The Morgan fingerprint density at radius 1 is 1.12 bits per heavy atom. The predicted molar refractivity (Wildman–Crippen MR) is 98.3 cm³/mol. The fraction of sp³-hybridized carbons (Fsp3) is 0.300. The summed E-state index contributed by atoms with van der Waals surface area (Å²) in [5.74, 6) is 0.563. The molecule has 0 radical (unpaired) electrons. The Balaban J connectivity index is 1.73. The smallest absolute Gasteiger partial charge is 0.255 e. The highest BCUT2D eigenvalue weighted by Gasteiger charge is 2.22. The molecule has 1 aliphatic heterocycles. The molecule has 0 saturated carbocycles. The van der Waals surface area contributed by atoms with Crippen molar-refractivity contribution in [2.75, 3.05) is 16.8 Å². The normalized spacial score (nSPS) is 12.9. The molecule has 0 fully saturated rings. The Bertz CT molecular complexity index is 797. The number of hydrogen-bond donors (Lipinski definition) is 1. The fourth-order valence-corrected chi connectivity index (χ4v) is 2.94. The number of carbonyl (C=O) groups excluding carboxylic acids is 2. The van der Waals surface area contributed by atoms with Gasteiger partial charge in [-0.2, -0.15) is 0 Å². The number of hydrogen-bond acceptors (Lipinski definition) is 3. The molecule has 0 aliphatic carbocycles. The summed E-state index contributed by atoms with van der Waals surface area (Å²) in [6, 6.07) is 12.7. The third kappa shape index (κ3) is 3.82. The van der Waals surface area contributed by atoms with E-state index in [4.69, 9.17) is 4.74 Å². The van der Waals surface area contributed by atoms with Gasteiger partial charge in [0.05, 0.1) is 6.10 Å². The minimum Gasteiger partial charge on any atom is -0.491 e. The summed E-state index contributed by atoms with van der Waals surface area (Å²) in [5.41, 5.74) is 3.24. The molecule has 1 N–H and O–H groups in total. The van der Waals surface area contributed by atoms with Gasteiger partial charge in [-0.15, -0.1) is 0 Å². The lowest BCUT2D eigenvalue weighted by Crippen LogP contribution is -2.25. The second-order valence-electron chi connectivity index (χ2n) is 6.41. The average Bonchev–Trinajstić information content (AvgIpc) is 2.98. The van der Waals surface area contributed by atoms with E-state index in [9.17, 15) is 9.59 Å². The lowest BCUT2D eigenvalue weighted by atomic mass is 10.1. The summed E-state index contributed by atoms with van der Waals surface area (Å²) in [6.07, 6.45) is 0.941. The van der Waals surface area contributed by atoms with Crippen LogP contribution < -0.4 is 15.0 Å². The van der Waals surface area contributed by atoms with E-state index in [1.165, 1.54) is 0 Å². The molecular formula is C20H22N2O3. The van der Waals surface area contributed by atoms with Crippen LogP contribution in [0, 0.1) is 0 Å². The van der Waals surface area contributed by atoms with Gasteiger partial charge in [0.25, 0.3) is 5.91 Å². The first-order valence-corrected chi connectivity index (χ1v) is 8.43. The largest absolute Gasteiger partial charge is 0.491 e. The molecule has 5 nitrogen and oxygen atoms in total. The first-order chi connectivity index (χ1) is 11.9. The molecule has 5 heteroatoms. The number of benzene rings is 2. The van der Waals surface area contributed by atoms with Crippen molar-refractivity contribution in [1.82, 2.24) is 0 Å². The fourth-order valence-electron chi connectivity index (χ4n) is 2.94. The molecule has 2 aromatic carbocycles. The summed E-state index contributed by atoms with van der Waals surface area (Å²) in [4.78, 5) is 25.9. The Labute approximate surface area is 147 Å². The number of amides is 2. The van der Waals surface area contributed by atoms with Crippen LogP contribution in [0.1, 0.15) is 36.7 Å². The van der Waals surface area contributed by atoms with Gasteiger partial charge in [-0.25, -0.2) is 0 Å². The van der Waals surface area contributed by atoms with Gasteiger partial charge in [0.2, 0.25) is 5.91 Å². The summed E-state index contributed by atoms with van der Waals surface area (Å²) in [7, 11) is 0. The Kier molecular flexibility index (Phi) is 4.74. The zero-order valence-electron chi connectivity index (χ0n) is 14.7. The van der Waals surface area contributed by atoms with E-state index in [1.54, 1.807) is 36.1 Å². The molecule has 25 heavy (non-hydrogen) atoms. The standard InChI is InChI=1S/C20H22N2O3/c1-13(2)25-18-8-5-16(6-9-18)20(24)21-17-7-4-15-10-11-22(14(3)23)19(15)12-17/h4-9,12-13H,10-11H2,1-3H3,(H,21,24). The van der Waals surface area contributed by atoms with E-state index in [0.29, 0.717) is 17.8 Å². The van der Waals surface area contributed by atoms with Crippen LogP contribution in [-0.4, -0.2) is 24.5 Å². The first kappa shape index (κ1) is 17.0. The first-order valence-electron chi connectivity index (χ1n) is 8.43. The number of anilines is 2. The van der Waals surface area contributed by atoms with Crippen LogP contribution in [0.5, 0.6) is 5.75 Å². The van der Waals surface area contributed by atoms with Crippen molar-refractivity contribution in [3.8, 4) is 5.75 Å². The third-order valence-electron chi connectivity index (χ3n) is 4.11. The molecule has 0 unspecified atom stereocenters. The molecule has 0 spiro atoms. The average molecular weight is 338 g/mol. The number of nitrogens with one attached hydrogen (secondary N) is 1. The van der Waals surface area contributed by atoms with E-state index in [0.717, 1.165) is 23.4 Å². The van der Waals surface area contributed by atoms with Gasteiger partial charge in [0.1, 0.15) is 5.75 Å². The monoisotopic (exact) mass is 338 g/mol. The van der Waals surface area contributed by atoms with Crippen LogP contribution in [0.25, 0.3) is 0 Å². The van der Waals surface area contributed by atoms with Crippen molar-refractivity contribution in [3.05, 3.63) is 53.6 Å². The van der Waals surface area contributed by atoms with E-state index in [-0.39, 0.29) is 17.9 Å². The van der Waals surface area contributed by atoms with Gasteiger partial charge in [-0.1, -0.05) is 6.07 Å². The topological polar surface area (TPSA) is 58.6 Å². The van der Waals surface area contributed by atoms with Crippen LogP contribution in [0.3, 0.4) is 0 Å². The number of nitrogens with zero attached hydrogens (tertiary/aromatic N) is 1. The van der Waals surface area contributed by atoms with Crippen LogP contribution in [0.4, 0.5) is 11.4 Å². The van der Waals surface area contributed by atoms with Gasteiger partial charge in [-0.3, -0.25) is 9.59 Å². The lowest BCUT2D eigenvalue weighted by Gasteiger charge is -2.16. The SMILES string of the molecule is CC(=O)N1CCc2ccc(NC(=O)c3ccc(OC(C)C)cc3)cc21. The third-order valence-corrected chi connectivity index (χ3v) is 4.11. The molecule has 2 aromatic rings. The molecule has 0 saturated heterocycles. The minimum absolute atomic E-state index is 0.0166. The second kappa shape index (κ2) is 6.97. The zero-order chi connectivity index (χ0) is 18.0. The van der Waals surface area contributed by atoms with Gasteiger partial charge in [0, 0.05) is 30.4 Å². The molecular weight excluding hydrogens is 316 g/mol. The Hall–Kier alpha value is -2.82. The minimum atomic E-state index is -0.191. The molecule has 0 bridgehead atoms. The van der Waals surface area contributed by atoms with Crippen LogP contribution >= 0.6 is 0 Å². The van der Waals surface area contributed by atoms with Crippen LogP contribution in [0.2, 0.25) is 0 Å². The zero-order valence-corrected chi connectivity index (χ0v) is 14.7. The summed E-state index contributed by atoms with van der Waals surface area (Å²) < 4.78 is 5.58. The van der Waals surface area contributed by atoms with Crippen molar-refractivity contribution in [2.24, 2.45) is 0 Å². The highest BCUT2D eigenvalue weighted by molar-refractivity contribution is 6.05. The summed E-state index contributed by atoms with van der Waals surface area (Å²) in [5, 5.41) is 2.89. The van der Waals surface area contributed by atoms with Crippen molar-refractivity contribution < 1.29 is 14.3 Å². The highest BCUT2D eigenvalue weighted by Crippen LogP contribution is 2.31. The van der Waals surface area contributed by atoms with Crippen LogP contribution in [0.15, 0.2) is 42.5 Å². The molecule has 0 aromatic heterocycles. The van der Waals surface area contributed by atoms with Crippen molar-refractivity contribution >= 4 is 23.2 Å². The van der Waals surface area contributed by atoms with E-state index >= 15 is 0 Å². The molecule has 1 aliphatic rings. The van der Waals surface area contributed by atoms with E-state index in [1.807, 2.05) is 32.0 Å². The molecule has 3 rings (SSSR count). The maximum Gasteiger partial charge on any atom is 0.255 e. The highest BCUT2D eigenvalue weighted by atomic mass is 16.5. The van der Waals surface area contributed by atoms with Crippen molar-refractivity contribution in [2.45, 2.75) is 33.3 Å².